The first-order valence-corrected chi connectivity index (χ1v) is 7.15. The first-order chi connectivity index (χ1) is 9.54. The van der Waals surface area contributed by atoms with Crippen molar-refractivity contribution in [1.82, 2.24) is 0 Å². The highest BCUT2D eigenvalue weighted by Crippen LogP contribution is 2.19. The molecule has 1 N–H and O–H groups in total. The number of benzene rings is 1. The molecule has 0 fully saturated rings. The Morgan fingerprint density at radius 2 is 1.75 bits per heavy atom. The standard InChI is InChI=1S/C18H25NO/c1-6-15-8-10-16(11-9-15)18(19-7-2)17(12-20)14(5)13(3)4/h8-11,20H,3,6-7,12H2,1-2,4-5H3/b17-14+,19-18-. The van der Waals surface area contributed by atoms with Crippen molar-refractivity contribution in [3.63, 3.8) is 0 Å². The van der Waals surface area contributed by atoms with Gasteiger partial charge in [-0.1, -0.05) is 43.3 Å². The highest BCUT2D eigenvalue weighted by molar-refractivity contribution is 6.13. The van der Waals surface area contributed by atoms with Crippen LogP contribution in [0.1, 0.15) is 38.8 Å². The van der Waals surface area contributed by atoms with E-state index in [0.29, 0.717) is 6.54 Å². The Hall–Kier alpha value is -1.67. The molecule has 0 bridgehead atoms. The Bertz CT molecular complexity index is 521. The van der Waals surface area contributed by atoms with Crippen molar-refractivity contribution in [2.45, 2.75) is 34.1 Å². The third-order valence-corrected chi connectivity index (χ3v) is 3.49. The van der Waals surface area contributed by atoms with Crippen LogP contribution in [0.4, 0.5) is 0 Å². The third-order valence-electron chi connectivity index (χ3n) is 3.49. The maximum atomic E-state index is 9.72. The summed E-state index contributed by atoms with van der Waals surface area (Å²) in [6.45, 7) is 12.7. The Morgan fingerprint density at radius 1 is 1.15 bits per heavy atom. The molecule has 108 valence electrons. The summed E-state index contributed by atoms with van der Waals surface area (Å²) < 4.78 is 0. The molecule has 0 amide bonds. The van der Waals surface area contributed by atoms with Gasteiger partial charge in [-0.25, -0.2) is 0 Å². The van der Waals surface area contributed by atoms with Crippen molar-refractivity contribution in [3.8, 4) is 0 Å². The first-order valence-electron chi connectivity index (χ1n) is 7.15. The van der Waals surface area contributed by atoms with E-state index in [1.165, 1.54) is 5.56 Å². The molecule has 0 radical (unpaired) electrons. The van der Waals surface area contributed by atoms with E-state index < -0.39 is 0 Å². The Labute approximate surface area is 122 Å². The number of aliphatic hydroxyl groups excluding tert-OH is 1. The van der Waals surface area contributed by atoms with Gasteiger partial charge in [-0.3, -0.25) is 4.99 Å². The van der Waals surface area contributed by atoms with E-state index in [9.17, 15) is 5.11 Å². The summed E-state index contributed by atoms with van der Waals surface area (Å²) in [5.41, 5.74) is 6.06. The van der Waals surface area contributed by atoms with Crippen LogP contribution in [0.3, 0.4) is 0 Å². The minimum atomic E-state index is -0.0208. The molecular weight excluding hydrogens is 246 g/mol. The maximum absolute atomic E-state index is 9.72. The average Bonchev–Trinajstić information content (AvgIpc) is 2.47. The highest BCUT2D eigenvalue weighted by atomic mass is 16.3. The maximum Gasteiger partial charge on any atom is 0.0705 e. The van der Waals surface area contributed by atoms with Crippen molar-refractivity contribution in [3.05, 3.63) is 58.7 Å². The lowest BCUT2D eigenvalue weighted by Gasteiger charge is -2.14. The van der Waals surface area contributed by atoms with Crippen molar-refractivity contribution in [2.75, 3.05) is 13.2 Å². The second-order valence-corrected chi connectivity index (χ2v) is 4.92. The first kappa shape index (κ1) is 16.4. The summed E-state index contributed by atoms with van der Waals surface area (Å²) in [5.74, 6) is 0. The predicted octanol–water partition coefficient (Wildman–Crippen LogP) is 3.94. The number of hydrogen-bond donors (Lipinski definition) is 1. The minimum absolute atomic E-state index is 0.0208. The summed E-state index contributed by atoms with van der Waals surface area (Å²) in [5, 5.41) is 9.72. The molecule has 20 heavy (non-hydrogen) atoms. The normalized spacial score (nSPS) is 13.2. The van der Waals surface area contributed by atoms with Gasteiger partial charge in [0.25, 0.3) is 0 Å². The van der Waals surface area contributed by atoms with Gasteiger partial charge < -0.3 is 5.11 Å². The van der Waals surface area contributed by atoms with Gasteiger partial charge in [0.05, 0.1) is 12.3 Å². The van der Waals surface area contributed by atoms with E-state index in [1.54, 1.807) is 0 Å². The van der Waals surface area contributed by atoms with Crippen LogP contribution in [-0.4, -0.2) is 24.0 Å². The fourth-order valence-electron chi connectivity index (χ4n) is 2.05. The van der Waals surface area contributed by atoms with Gasteiger partial charge in [-0.05, 0) is 38.3 Å². The van der Waals surface area contributed by atoms with Gasteiger partial charge >= 0.3 is 0 Å². The Morgan fingerprint density at radius 3 is 2.15 bits per heavy atom. The van der Waals surface area contributed by atoms with Gasteiger partial charge in [0.2, 0.25) is 0 Å². The fraction of sp³-hybridized carbons (Fsp3) is 0.389. The van der Waals surface area contributed by atoms with Gasteiger partial charge in [0.15, 0.2) is 0 Å². The van der Waals surface area contributed by atoms with E-state index in [0.717, 1.165) is 34.4 Å². The number of aryl methyl sites for hydroxylation is 1. The zero-order valence-corrected chi connectivity index (χ0v) is 13.0. The van der Waals surface area contributed by atoms with Crippen molar-refractivity contribution in [1.29, 1.82) is 0 Å². The molecule has 0 aromatic heterocycles. The zero-order chi connectivity index (χ0) is 15.1. The summed E-state index contributed by atoms with van der Waals surface area (Å²) in [6.07, 6.45) is 1.02. The molecule has 0 heterocycles. The van der Waals surface area contributed by atoms with Crippen molar-refractivity contribution in [2.24, 2.45) is 4.99 Å². The van der Waals surface area contributed by atoms with Crippen LogP contribution in [0.25, 0.3) is 0 Å². The Kier molecular flexibility index (Phi) is 6.40. The van der Waals surface area contributed by atoms with Crippen LogP contribution in [0.5, 0.6) is 0 Å². The third kappa shape index (κ3) is 3.91. The molecule has 0 saturated heterocycles. The molecule has 0 aliphatic carbocycles. The molecule has 0 unspecified atom stereocenters. The molecule has 0 saturated carbocycles. The minimum Gasteiger partial charge on any atom is -0.392 e. The van der Waals surface area contributed by atoms with E-state index in [2.05, 4.69) is 42.8 Å². The van der Waals surface area contributed by atoms with Gasteiger partial charge in [-0.15, -0.1) is 0 Å². The number of hydrogen-bond acceptors (Lipinski definition) is 2. The lowest BCUT2D eigenvalue weighted by atomic mass is 9.95. The monoisotopic (exact) mass is 271 g/mol. The fourth-order valence-corrected chi connectivity index (χ4v) is 2.05. The molecule has 0 aliphatic rings. The van der Waals surface area contributed by atoms with Crippen LogP contribution in [-0.2, 0) is 6.42 Å². The number of nitrogens with zero attached hydrogens (tertiary/aromatic N) is 1. The molecule has 2 heteroatoms. The predicted molar refractivity (Wildman–Crippen MR) is 87.5 cm³/mol. The lowest BCUT2D eigenvalue weighted by molar-refractivity contribution is 0.336. The van der Waals surface area contributed by atoms with E-state index >= 15 is 0 Å². The Balaban J connectivity index is 3.33. The lowest BCUT2D eigenvalue weighted by Crippen LogP contribution is -2.12. The second kappa shape index (κ2) is 7.81. The van der Waals surface area contributed by atoms with Crippen LogP contribution >= 0.6 is 0 Å². The summed E-state index contributed by atoms with van der Waals surface area (Å²) in [4.78, 5) is 4.58. The number of aliphatic imine (C=N–C) groups is 1. The summed E-state index contributed by atoms with van der Waals surface area (Å²) in [6, 6.07) is 8.39. The van der Waals surface area contributed by atoms with Crippen molar-refractivity contribution < 1.29 is 5.11 Å². The molecule has 1 aromatic rings. The molecule has 1 rings (SSSR count). The van der Waals surface area contributed by atoms with Gasteiger partial charge in [-0.2, -0.15) is 0 Å². The molecule has 1 aromatic carbocycles. The van der Waals surface area contributed by atoms with Gasteiger partial charge in [0.1, 0.15) is 0 Å². The quantitative estimate of drug-likeness (QED) is 0.617. The summed E-state index contributed by atoms with van der Waals surface area (Å²) >= 11 is 0. The topological polar surface area (TPSA) is 32.6 Å². The van der Waals surface area contributed by atoms with Crippen molar-refractivity contribution >= 4 is 5.71 Å². The molecule has 0 aliphatic heterocycles. The molecular formula is C18H25NO. The van der Waals surface area contributed by atoms with Crippen LogP contribution in [0.2, 0.25) is 0 Å². The smallest absolute Gasteiger partial charge is 0.0705 e. The zero-order valence-electron chi connectivity index (χ0n) is 13.0. The molecule has 0 spiro atoms. The number of rotatable bonds is 6. The van der Waals surface area contributed by atoms with E-state index in [-0.39, 0.29) is 6.61 Å². The largest absolute Gasteiger partial charge is 0.392 e. The summed E-state index contributed by atoms with van der Waals surface area (Å²) in [7, 11) is 0. The second-order valence-electron chi connectivity index (χ2n) is 4.92. The molecule has 0 atom stereocenters. The number of allylic oxidation sites excluding steroid dienone is 2. The highest BCUT2D eigenvalue weighted by Gasteiger charge is 2.12. The van der Waals surface area contributed by atoms with Crippen LogP contribution in [0.15, 0.2) is 52.6 Å². The average molecular weight is 271 g/mol. The number of aliphatic hydroxyl groups is 1. The van der Waals surface area contributed by atoms with Crippen LogP contribution < -0.4 is 0 Å². The van der Waals surface area contributed by atoms with Gasteiger partial charge in [0, 0.05) is 17.7 Å². The molecule has 2 nitrogen and oxygen atoms in total. The van der Waals surface area contributed by atoms with E-state index in [1.807, 2.05) is 20.8 Å². The van der Waals surface area contributed by atoms with E-state index in [4.69, 9.17) is 0 Å². The SMILES string of the molecule is C=C(C)/C(C)=C(CO)/C(=N\CC)c1ccc(CC)cc1. The van der Waals surface area contributed by atoms with Crippen LogP contribution in [0, 0.1) is 0 Å².